The molecule has 0 fully saturated rings. The smallest absolute Gasteiger partial charge is 0.275 e. The van der Waals surface area contributed by atoms with Gasteiger partial charge in [-0.2, -0.15) is 5.10 Å². The number of rotatable bonds is 9. The van der Waals surface area contributed by atoms with Gasteiger partial charge in [0.15, 0.2) is 18.1 Å². The van der Waals surface area contributed by atoms with Crippen molar-refractivity contribution in [1.82, 2.24) is 5.43 Å². The molecular weight excluding hydrogens is 422 g/mol. The van der Waals surface area contributed by atoms with Gasteiger partial charge in [0, 0.05) is 5.69 Å². The monoisotopic (exact) mass is 447 g/mol. The highest BCUT2D eigenvalue weighted by Gasteiger charge is 2.11. The van der Waals surface area contributed by atoms with Crippen LogP contribution in [0.15, 0.2) is 71.8 Å². The Hall–Kier alpha value is -4.33. The van der Waals surface area contributed by atoms with Crippen molar-refractivity contribution < 1.29 is 23.8 Å². The second-order valence-electron chi connectivity index (χ2n) is 6.96. The van der Waals surface area contributed by atoms with Gasteiger partial charge in [-0.3, -0.25) is 9.59 Å². The van der Waals surface area contributed by atoms with Crippen LogP contribution in [0.25, 0.3) is 0 Å². The SMILES string of the molecule is COc1cc(/C=N\NC(=O)c2ccccc2OC)ccc1OCC(=O)Nc1ccccc1C. The predicted molar refractivity (Wildman–Crippen MR) is 126 cm³/mol. The summed E-state index contributed by atoms with van der Waals surface area (Å²) in [6, 6.07) is 19.5. The zero-order chi connectivity index (χ0) is 23.6. The zero-order valence-corrected chi connectivity index (χ0v) is 18.6. The molecule has 0 aliphatic heterocycles. The third kappa shape index (κ3) is 6.33. The van der Waals surface area contributed by atoms with Crippen LogP contribution in [-0.2, 0) is 4.79 Å². The van der Waals surface area contributed by atoms with Crippen LogP contribution < -0.4 is 25.0 Å². The number of hydrazone groups is 1. The molecule has 0 bridgehead atoms. The third-order valence-corrected chi connectivity index (χ3v) is 4.70. The summed E-state index contributed by atoms with van der Waals surface area (Å²) in [5.74, 6) is 0.623. The van der Waals surface area contributed by atoms with Gasteiger partial charge in [0.1, 0.15) is 5.75 Å². The van der Waals surface area contributed by atoms with Crippen molar-refractivity contribution in [1.29, 1.82) is 0 Å². The minimum atomic E-state index is -0.393. The molecule has 33 heavy (non-hydrogen) atoms. The first-order chi connectivity index (χ1) is 16.0. The van der Waals surface area contributed by atoms with Crippen LogP contribution in [0.4, 0.5) is 5.69 Å². The standard InChI is InChI=1S/C25H25N3O5/c1-17-8-4-6-10-20(17)27-24(29)16-33-22-13-12-18(14-23(22)32-3)15-26-28-25(30)19-9-5-7-11-21(19)31-2/h4-15H,16H2,1-3H3,(H,27,29)(H,28,30)/b26-15-. The van der Waals surface area contributed by atoms with Crippen LogP contribution in [0.1, 0.15) is 21.5 Å². The van der Waals surface area contributed by atoms with E-state index in [0.717, 1.165) is 11.3 Å². The van der Waals surface area contributed by atoms with E-state index in [9.17, 15) is 9.59 Å². The predicted octanol–water partition coefficient (Wildman–Crippen LogP) is 3.79. The third-order valence-electron chi connectivity index (χ3n) is 4.70. The Morgan fingerprint density at radius 2 is 1.64 bits per heavy atom. The lowest BCUT2D eigenvalue weighted by Crippen LogP contribution is -2.20. The number of para-hydroxylation sites is 2. The minimum absolute atomic E-state index is 0.174. The Morgan fingerprint density at radius 3 is 2.39 bits per heavy atom. The fourth-order valence-corrected chi connectivity index (χ4v) is 2.98. The summed E-state index contributed by atoms with van der Waals surface area (Å²) in [5.41, 5.74) is 5.21. The Bertz CT molecular complexity index is 1160. The highest BCUT2D eigenvalue weighted by molar-refractivity contribution is 5.97. The van der Waals surface area contributed by atoms with E-state index in [0.29, 0.717) is 28.4 Å². The van der Waals surface area contributed by atoms with Crippen LogP contribution in [0.3, 0.4) is 0 Å². The van der Waals surface area contributed by atoms with E-state index >= 15 is 0 Å². The molecule has 8 heteroatoms. The van der Waals surface area contributed by atoms with E-state index in [1.54, 1.807) is 42.5 Å². The second kappa shape index (κ2) is 11.3. The summed E-state index contributed by atoms with van der Waals surface area (Å²) >= 11 is 0. The Kier molecular flexibility index (Phi) is 8.02. The van der Waals surface area contributed by atoms with Crippen molar-refractivity contribution in [2.24, 2.45) is 5.10 Å². The van der Waals surface area contributed by atoms with Gasteiger partial charge in [-0.1, -0.05) is 30.3 Å². The van der Waals surface area contributed by atoms with Crippen molar-refractivity contribution >= 4 is 23.7 Å². The molecule has 0 heterocycles. The molecule has 2 N–H and O–H groups in total. The van der Waals surface area contributed by atoms with Crippen LogP contribution in [0.5, 0.6) is 17.2 Å². The largest absolute Gasteiger partial charge is 0.496 e. The molecule has 3 aromatic rings. The number of hydrogen-bond donors (Lipinski definition) is 2. The fraction of sp³-hybridized carbons (Fsp3) is 0.160. The molecule has 3 rings (SSSR count). The number of nitrogens with one attached hydrogen (secondary N) is 2. The Labute approximate surface area is 192 Å². The average molecular weight is 447 g/mol. The molecule has 0 spiro atoms. The van der Waals surface area contributed by atoms with E-state index in [-0.39, 0.29) is 12.5 Å². The van der Waals surface area contributed by atoms with Crippen LogP contribution in [-0.4, -0.2) is 38.9 Å². The number of carbonyl (C=O) groups is 2. The molecule has 0 unspecified atom stereocenters. The number of nitrogens with zero attached hydrogens (tertiary/aromatic N) is 1. The molecule has 0 saturated carbocycles. The summed E-state index contributed by atoms with van der Waals surface area (Å²) in [4.78, 5) is 24.5. The zero-order valence-electron chi connectivity index (χ0n) is 18.6. The number of aryl methyl sites for hydroxylation is 1. The van der Waals surface area contributed by atoms with Crippen LogP contribution >= 0.6 is 0 Å². The van der Waals surface area contributed by atoms with Crippen molar-refractivity contribution in [2.75, 3.05) is 26.1 Å². The van der Waals surface area contributed by atoms with E-state index in [1.165, 1.54) is 20.4 Å². The number of methoxy groups -OCH3 is 2. The van der Waals surface area contributed by atoms with Gasteiger partial charge in [-0.15, -0.1) is 0 Å². The van der Waals surface area contributed by atoms with E-state index < -0.39 is 5.91 Å². The highest BCUT2D eigenvalue weighted by Crippen LogP contribution is 2.27. The summed E-state index contributed by atoms with van der Waals surface area (Å²) in [6.07, 6.45) is 1.48. The summed E-state index contributed by atoms with van der Waals surface area (Å²) in [6.45, 7) is 1.74. The maximum Gasteiger partial charge on any atom is 0.275 e. The van der Waals surface area contributed by atoms with Gasteiger partial charge in [0.25, 0.3) is 11.8 Å². The lowest BCUT2D eigenvalue weighted by atomic mass is 10.2. The van der Waals surface area contributed by atoms with Gasteiger partial charge in [0.05, 0.1) is 26.0 Å². The summed E-state index contributed by atoms with van der Waals surface area (Å²) < 4.78 is 16.2. The lowest BCUT2D eigenvalue weighted by Gasteiger charge is -2.12. The lowest BCUT2D eigenvalue weighted by molar-refractivity contribution is -0.118. The quantitative estimate of drug-likeness (QED) is 0.384. The molecular formula is C25H25N3O5. The highest BCUT2D eigenvalue weighted by atomic mass is 16.5. The van der Waals surface area contributed by atoms with Gasteiger partial charge in [0.2, 0.25) is 0 Å². The van der Waals surface area contributed by atoms with Crippen molar-refractivity contribution in [3.8, 4) is 17.2 Å². The maximum atomic E-state index is 12.3. The maximum absolute atomic E-state index is 12.3. The normalized spacial score (nSPS) is 10.5. The van der Waals surface area contributed by atoms with Gasteiger partial charge in [-0.05, 0) is 54.4 Å². The van der Waals surface area contributed by atoms with Crippen molar-refractivity contribution in [3.63, 3.8) is 0 Å². The molecule has 2 amide bonds. The topological polar surface area (TPSA) is 98.2 Å². The number of benzene rings is 3. The number of amides is 2. The fourth-order valence-electron chi connectivity index (χ4n) is 2.98. The molecule has 0 aliphatic carbocycles. The van der Waals surface area contributed by atoms with Gasteiger partial charge < -0.3 is 19.5 Å². The summed E-state index contributed by atoms with van der Waals surface area (Å²) in [7, 11) is 3.00. The molecule has 0 radical (unpaired) electrons. The molecule has 8 nitrogen and oxygen atoms in total. The van der Waals surface area contributed by atoms with E-state index in [4.69, 9.17) is 14.2 Å². The molecule has 0 saturated heterocycles. The molecule has 3 aromatic carbocycles. The molecule has 0 aromatic heterocycles. The van der Waals surface area contributed by atoms with Gasteiger partial charge in [-0.25, -0.2) is 5.43 Å². The van der Waals surface area contributed by atoms with Gasteiger partial charge >= 0.3 is 0 Å². The first kappa shape index (κ1) is 23.3. The Balaban J connectivity index is 1.59. The average Bonchev–Trinajstić information content (AvgIpc) is 2.84. The number of ether oxygens (including phenoxy) is 3. The van der Waals surface area contributed by atoms with Crippen LogP contribution in [0, 0.1) is 6.92 Å². The van der Waals surface area contributed by atoms with E-state index in [1.807, 2.05) is 31.2 Å². The number of anilines is 1. The molecule has 0 aliphatic rings. The van der Waals surface area contributed by atoms with Crippen molar-refractivity contribution in [3.05, 3.63) is 83.4 Å². The molecule has 0 atom stereocenters. The Morgan fingerprint density at radius 1 is 0.909 bits per heavy atom. The minimum Gasteiger partial charge on any atom is -0.496 e. The second-order valence-corrected chi connectivity index (χ2v) is 6.96. The molecule has 170 valence electrons. The summed E-state index contributed by atoms with van der Waals surface area (Å²) in [5, 5.41) is 6.80. The van der Waals surface area contributed by atoms with E-state index in [2.05, 4.69) is 15.8 Å². The first-order valence-corrected chi connectivity index (χ1v) is 10.1. The van der Waals surface area contributed by atoms with Crippen LogP contribution in [0.2, 0.25) is 0 Å². The number of carbonyl (C=O) groups excluding carboxylic acids is 2. The first-order valence-electron chi connectivity index (χ1n) is 10.1. The van der Waals surface area contributed by atoms with Crippen molar-refractivity contribution in [2.45, 2.75) is 6.92 Å². The number of hydrogen-bond acceptors (Lipinski definition) is 6.